The van der Waals surface area contributed by atoms with Gasteiger partial charge in [-0.25, -0.2) is 8.78 Å². The van der Waals surface area contributed by atoms with Crippen molar-refractivity contribution in [1.82, 2.24) is 15.2 Å². The Labute approximate surface area is 234 Å². The van der Waals surface area contributed by atoms with Crippen LogP contribution in [0.1, 0.15) is 56.6 Å². The maximum atomic E-state index is 14.2. The summed E-state index contributed by atoms with van der Waals surface area (Å²) in [4.78, 5) is 39.0. The van der Waals surface area contributed by atoms with Gasteiger partial charge in [0.15, 0.2) is 0 Å². The maximum Gasteiger partial charge on any atom is 0.416 e. The van der Waals surface area contributed by atoms with E-state index in [2.05, 4.69) is 22.0 Å². The van der Waals surface area contributed by atoms with Crippen molar-refractivity contribution >= 4 is 35.0 Å². The largest absolute Gasteiger partial charge is 0.416 e. The molecule has 41 heavy (non-hydrogen) atoms. The monoisotopic (exact) mass is 591 g/mol. The molecule has 0 spiro atoms. The number of benzene rings is 2. The fraction of sp³-hybridized carbons (Fsp3) is 0.259. The van der Waals surface area contributed by atoms with Gasteiger partial charge in [0.05, 0.1) is 34.5 Å². The zero-order valence-electron chi connectivity index (χ0n) is 20.8. The molecule has 1 aliphatic carbocycles. The molecule has 1 unspecified atom stereocenters. The van der Waals surface area contributed by atoms with Crippen LogP contribution in [0.15, 0.2) is 42.5 Å². The van der Waals surface area contributed by atoms with Crippen molar-refractivity contribution in [2.75, 3.05) is 11.9 Å². The zero-order chi connectivity index (χ0) is 29.7. The molecule has 2 aromatic carbocycles. The molecule has 0 bridgehead atoms. The van der Waals surface area contributed by atoms with Crippen LogP contribution in [-0.2, 0) is 17.5 Å². The molecule has 3 aromatic rings. The number of halogens is 6. The van der Waals surface area contributed by atoms with Crippen LogP contribution in [0.2, 0.25) is 5.02 Å². The Morgan fingerprint density at radius 3 is 2.49 bits per heavy atom. The van der Waals surface area contributed by atoms with Crippen molar-refractivity contribution in [2.24, 2.45) is 5.41 Å². The number of fused-ring (bicyclic) bond motifs is 1. The van der Waals surface area contributed by atoms with E-state index in [9.17, 15) is 41.6 Å². The summed E-state index contributed by atoms with van der Waals surface area (Å²) in [6, 6.07) is 6.83. The number of alkyl halides is 3. The van der Waals surface area contributed by atoms with Crippen LogP contribution in [-0.4, -0.2) is 28.8 Å². The summed E-state index contributed by atoms with van der Waals surface area (Å²) in [7, 11) is 0. The Bertz CT molecular complexity index is 1640. The fourth-order valence-electron chi connectivity index (χ4n) is 4.61. The Kier molecular flexibility index (Phi) is 6.98. The normalized spacial score (nSPS) is 17.2. The predicted octanol–water partition coefficient (Wildman–Crippen LogP) is 4.94. The van der Waals surface area contributed by atoms with Crippen LogP contribution in [0.25, 0.3) is 0 Å². The van der Waals surface area contributed by atoms with Gasteiger partial charge in [-0.05, 0) is 55.3 Å². The van der Waals surface area contributed by atoms with Crippen molar-refractivity contribution in [2.45, 2.75) is 31.6 Å². The van der Waals surface area contributed by atoms with Crippen molar-refractivity contribution in [3.05, 3.63) is 87.2 Å². The number of hydrogen-bond donors (Lipinski definition) is 3. The molecule has 0 radical (unpaired) electrons. The highest BCUT2D eigenvalue weighted by atomic mass is 35.5. The highest BCUT2D eigenvalue weighted by Gasteiger charge is 2.44. The average Bonchev–Trinajstić information content (AvgIpc) is 3.61. The highest BCUT2D eigenvalue weighted by molar-refractivity contribution is 6.31. The molecular formula is C27H19ClF5N5O3. The molecule has 1 saturated carbocycles. The number of nitriles is 1. The number of anilines is 1. The van der Waals surface area contributed by atoms with Crippen LogP contribution < -0.4 is 16.0 Å². The molecule has 1 aromatic heterocycles. The summed E-state index contributed by atoms with van der Waals surface area (Å²) in [5, 5.41) is 17.0. The van der Waals surface area contributed by atoms with E-state index in [0.29, 0.717) is 25.0 Å². The van der Waals surface area contributed by atoms with Crippen molar-refractivity contribution in [1.29, 1.82) is 5.26 Å². The SMILES string of the molecule is N#CC1(CNC(=O)c2cc(NC(=O)c3cc(F)cc(C(F)(F)F)c3)c3n2CC(=O)NC3c2cc(F)ccc2Cl)CC1. The van der Waals surface area contributed by atoms with Gasteiger partial charge < -0.3 is 20.5 Å². The highest BCUT2D eigenvalue weighted by Crippen LogP contribution is 2.44. The zero-order valence-corrected chi connectivity index (χ0v) is 21.6. The van der Waals surface area contributed by atoms with Gasteiger partial charge >= 0.3 is 6.18 Å². The van der Waals surface area contributed by atoms with Gasteiger partial charge in [-0.3, -0.25) is 14.4 Å². The topological polar surface area (TPSA) is 116 Å². The minimum absolute atomic E-state index is 0.0272. The van der Waals surface area contributed by atoms with E-state index in [0.717, 1.165) is 12.1 Å². The van der Waals surface area contributed by atoms with E-state index in [1.807, 2.05) is 0 Å². The van der Waals surface area contributed by atoms with Gasteiger partial charge in [-0.15, -0.1) is 0 Å². The Hall–Kier alpha value is -4.44. The lowest BCUT2D eigenvalue weighted by molar-refractivity contribution is -0.137. The van der Waals surface area contributed by atoms with Crippen LogP contribution in [0, 0.1) is 28.4 Å². The van der Waals surface area contributed by atoms with E-state index >= 15 is 0 Å². The quantitative estimate of drug-likeness (QED) is 0.352. The summed E-state index contributed by atoms with van der Waals surface area (Å²) >= 11 is 6.29. The second-order valence-corrected chi connectivity index (χ2v) is 10.2. The third-order valence-corrected chi connectivity index (χ3v) is 7.28. The first kappa shape index (κ1) is 28.1. The van der Waals surface area contributed by atoms with Crippen LogP contribution in [0.3, 0.4) is 0 Å². The van der Waals surface area contributed by atoms with Crippen molar-refractivity contribution < 1.29 is 36.3 Å². The number of hydrogen-bond acceptors (Lipinski definition) is 4. The van der Waals surface area contributed by atoms with Gasteiger partial charge in [0.25, 0.3) is 11.8 Å². The Balaban J connectivity index is 1.59. The van der Waals surface area contributed by atoms with Crippen LogP contribution in [0.4, 0.5) is 27.6 Å². The third-order valence-electron chi connectivity index (χ3n) is 6.93. The number of aromatic nitrogens is 1. The van der Waals surface area contributed by atoms with Crippen molar-refractivity contribution in [3.8, 4) is 6.07 Å². The fourth-order valence-corrected chi connectivity index (χ4v) is 4.84. The second kappa shape index (κ2) is 10.2. The molecule has 0 saturated heterocycles. The first-order chi connectivity index (χ1) is 19.3. The predicted molar refractivity (Wildman–Crippen MR) is 135 cm³/mol. The van der Waals surface area contributed by atoms with E-state index < -0.39 is 64.7 Å². The molecule has 1 aliphatic heterocycles. The van der Waals surface area contributed by atoms with Gasteiger partial charge in [0.1, 0.15) is 23.9 Å². The molecule has 8 nitrogen and oxygen atoms in total. The third kappa shape index (κ3) is 5.60. The second-order valence-electron chi connectivity index (χ2n) is 9.84. The molecule has 1 atom stereocenters. The smallest absolute Gasteiger partial charge is 0.349 e. The Morgan fingerprint density at radius 2 is 1.83 bits per heavy atom. The number of carbonyl (C=O) groups is 3. The lowest BCUT2D eigenvalue weighted by Gasteiger charge is -2.29. The number of nitrogens with one attached hydrogen (secondary N) is 3. The summed E-state index contributed by atoms with van der Waals surface area (Å²) < 4.78 is 69.2. The first-order valence-corrected chi connectivity index (χ1v) is 12.5. The Morgan fingerprint density at radius 1 is 1.10 bits per heavy atom. The van der Waals surface area contributed by atoms with E-state index in [1.165, 1.54) is 16.7 Å². The minimum Gasteiger partial charge on any atom is -0.349 e. The summed E-state index contributed by atoms with van der Waals surface area (Å²) in [5.74, 6) is -4.42. The van der Waals surface area contributed by atoms with E-state index in [4.69, 9.17) is 11.6 Å². The number of carbonyl (C=O) groups excluding carboxylic acids is 3. The first-order valence-electron chi connectivity index (χ1n) is 12.2. The molecule has 14 heteroatoms. The van der Waals surface area contributed by atoms with Crippen LogP contribution >= 0.6 is 11.6 Å². The minimum atomic E-state index is -4.93. The average molecular weight is 592 g/mol. The molecule has 5 rings (SSSR count). The molecule has 1 fully saturated rings. The van der Waals surface area contributed by atoms with E-state index in [-0.39, 0.29) is 40.3 Å². The van der Waals surface area contributed by atoms with Gasteiger partial charge in [0, 0.05) is 22.7 Å². The molecule has 212 valence electrons. The lowest BCUT2D eigenvalue weighted by atomic mass is 10.0. The number of amides is 3. The molecular weight excluding hydrogens is 573 g/mol. The van der Waals surface area contributed by atoms with Gasteiger partial charge in [0.2, 0.25) is 5.91 Å². The number of rotatable bonds is 6. The lowest BCUT2D eigenvalue weighted by Crippen LogP contribution is -2.41. The molecule has 2 heterocycles. The van der Waals surface area contributed by atoms with Gasteiger partial charge in [-0.1, -0.05) is 11.6 Å². The maximum absolute atomic E-state index is 14.2. The molecule has 2 aliphatic rings. The van der Waals surface area contributed by atoms with E-state index in [1.54, 1.807) is 0 Å². The summed E-state index contributed by atoms with van der Waals surface area (Å²) in [6.45, 7) is -0.377. The summed E-state index contributed by atoms with van der Waals surface area (Å²) in [5.41, 5.74) is -2.83. The van der Waals surface area contributed by atoms with Crippen molar-refractivity contribution in [3.63, 3.8) is 0 Å². The molecule has 3 amide bonds. The standard InChI is InChI=1S/C27H19ClF5N5O3/c28-18-2-1-15(29)8-17(18)22-23-19(36-24(40)13-5-14(27(31,32)33)7-16(30)6-13)9-20(38(23)10-21(39)37-22)25(41)35-12-26(11-34)3-4-26/h1-2,5-9,22H,3-4,10,12H2,(H,35,41)(H,36,40)(H,37,39). The number of nitrogens with zero attached hydrogens (tertiary/aromatic N) is 2. The van der Waals surface area contributed by atoms with Gasteiger partial charge in [-0.2, -0.15) is 18.4 Å². The summed E-state index contributed by atoms with van der Waals surface area (Å²) in [6.07, 6.45) is -3.75. The van der Waals surface area contributed by atoms with Crippen LogP contribution in [0.5, 0.6) is 0 Å². The molecule has 3 N–H and O–H groups in total.